The number of non-ortho nitro benzene ring substituents is 1. The van der Waals surface area contributed by atoms with E-state index in [0.717, 1.165) is 12.8 Å². The van der Waals surface area contributed by atoms with Crippen LogP contribution < -0.4 is 10.5 Å². The van der Waals surface area contributed by atoms with Crippen LogP contribution in [-0.4, -0.2) is 30.9 Å². The minimum atomic E-state index is -3.89. The van der Waals surface area contributed by atoms with Gasteiger partial charge < -0.3 is 5.73 Å². The zero-order chi connectivity index (χ0) is 17.7. The number of nitrogens with zero attached hydrogens (tertiary/aromatic N) is 2. The molecule has 0 saturated heterocycles. The van der Waals surface area contributed by atoms with Crippen LogP contribution in [0.5, 0.6) is 0 Å². The van der Waals surface area contributed by atoms with E-state index in [0.29, 0.717) is 6.42 Å². The summed E-state index contributed by atoms with van der Waals surface area (Å²) in [7, 11) is -3.89. The number of unbranched alkanes of at least 4 members (excludes halogenated alkanes) is 1. The minimum absolute atomic E-state index is 0. The standard InChI is InChI=1S/C15H20N4O4S.ClH/c1-2-3-5-11(10-16)18-24(22,23)14-8-7-13(19(20)21)12-6-4-9-17-15(12)14;/h4,6-9,11,18H,2-3,5,10,16H2,1H3;1H. The fourth-order valence-corrected chi connectivity index (χ4v) is 3.91. The van der Waals surface area contributed by atoms with E-state index in [1.807, 2.05) is 6.92 Å². The molecular weight excluding hydrogens is 368 g/mol. The van der Waals surface area contributed by atoms with Crippen molar-refractivity contribution in [3.63, 3.8) is 0 Å². The second-order valence-electron chi connectivity index (χ2n) is 5.44. The maximum Gasteiger partial charge on any atom is 0.278 e. The predicted molar refractivity (Wildman–Crippen MR) is 98.3 cm³/mol. The summed E-state index contributed by atoms with van der Waals surface area (Å²) in [6, 6.07) is 5.02. The molecular formula is C15H21ClN4O4S. The second kappa shape index (κ2) is 9.04. The van der Waals surface area contributed by atoms with Crippen LogP contribution >= 0.6 is 12.4 Å². The van der Waals surface area contributed by atoms with Gasteiger partial charge in [0.05, 0.1) is 15.8 Å². The average molecular weight is 389 g/mol. The summed E-state index contributed by atoms with van der Waals surface area (Å²) in [6.07, 6.45) is 3.82. The van der Waals surface area contributed by atoms with E-state index in [2.05, 4.69) is 9.71 Å². The molecule has 3 N–H and O–H groups in total. The van der Waals surface area contributed by atoms with Crippen LogP contribution in [0.4, 0.5) is 5.69 Å². The number of halogens is 1. The maximum atomic E-state index is 12.7. The first-order valence-electron chi connectivity index (χ1n) is 7.65. The Balaban J connectivity index is 0.00000312. The molecule has 1 unspecified atom stereocenters. The summed E-state index contributed by atoms with van der Waals surface area (Å²) >= 11 is 0. The molecule has 1 heterocycles. The number of aromatic nitrogens is 1. The zero-order valence-electron chi connectivity index (χ0n) is 13.7. The van der Waals surface area contributed by atoms with Crippen molar-refractivity contribution >= 4 is 39.0 Å². The van der Waals surface area contributed by atoms with Gasteiger partial charge >= 0.3 is 0 Å². The lowest BCUT2D eigenvalue weighted by Crippen LogP contribution is -2.40. The summed E-state index contributed by atoms with van der Waals surface area (Å²) < 4.78 is 27.9. The molecule has 0 bridgehead atoms. The Morgan fingerprint density at radius 1 is 1.36 bits per heavy atom. The van der Waals surface area contributed by atoms with Crippen LogP contribution in [0.2, 0.25) is 0 Å². The molecule has 0 aliphatic rings. The summed E-state index contributed by atoms with van der Waals surface area (Å²) in [5.74, 6) is 0. The van der Waals surface area contributed by atoms with E-state index >= 15 is 0 Å². The van der Waals surface area contributed by atoms with Crippen molar-refractivity contribution in [1.82, 2.24) is 9.71 Å². The van der Waals surface area contributed by atoms with Crippen molar-refractivity contribution in [2.45, 2.75) is 37.1 Å². The van der Waals surface area contributed by atoms with Gasteiger partial charge in [0.15, 0.2) is 0 Å². The van der Waals surface area contributed by atoms with E-state index in [9.17, 15) is 18.5 Å². The second-order valence-corrected chi connectivity index (χ2v) is 7.12. The van der Waals surface area contributed by atoms with Crippen LogP contribution in [0.25, 0.3) is 10.9 Å². The van der Waals surface area contributed by atoms with Gasteiger partial charge in [0.2, 0.25) is 10.0 Å². The van der Waals surface area contributed by atoms with Crippen molar-refractivity contribution in [2.75, 3.05) is 6.54 Å². The zero-order valence-corrected chi connectivity index (χ0v) is 15.3. The first-order chi connectivity index (χ1) is 11.4. The Kier molecular flexibility index (Phi) is 7.68. The Morgan fingerprint density at radius 2 is 2.08 bits per heavy atom. The fourth-order valence-electron chi connectivity index (χ4n) is 2.47. The van der Waals surface area contributed by atoms with Gasteiger partial charge in [0.25, 0.3) is 5.69 Å². The number of nitrogens with two attached hydrogens (primary N) is 1. The Bertz CT molecular complexity index is 845. The lowest BCUT2D eigenvalue weighted by atomic mass is 10.1. The highest BCUT2D eigenvalue weighted by atomic mass is 35.5. The van der Waals surface area contributed by atoms with Gasteiger partial charge in [-0.05, 0) is 24.6 Å². The number of hydrogen-bond donors (Lipinski definition) is 2. The van der Waals surface area contributed by atoms with Gasteiger partial charge in [-0.15, -0.1) is 12.4 Å². The normalized spacial score (nSPS) is 12.6. The largest absolute Gasteiger partial charge is 0.329 e. The molecule has 0 spiro atoms. The predicted octanol–water partition coefficient (Wildman–Crippen LogP) is 2.36. The number of rotatable bonds is 8. The highest BCUT2D eigenvalue weighted by Gasteiger charge is 2.25. The molecule has 0 radical (unpaired) electrons. The molecule has 10 heteroatoms. The van der Waals surface area contributed by atoms with E-state index in [4.69, 9.17) is 5.73 Å². The summed E-state index contributed by atoms with van der Waals surface area (Å²) in [4.78, 5) is 14.5. The summed E-state index contributed by atoms with van der Waals surface area (Å²) in [6.45, 7) is 2.19. The monoisotopic (exact) mass is 388 g/mol. The van der Waals surface area contributed by atoms with E-state index in [1.54, 1.807) is 0 Å². The lowest BCUT2D eigenvalue weighted by molar-refractivity contribution is -0.383. The molecule has 2 aromatic rings. The molecule has 2 rings (SSSR count). The topological polar surface area (TPSA) is 128 Å². The molecule has 8 nitrogen and oxygen atoms in total. The number of hydrogen-bond acceptors (Lipinski definition) is 6. The third-order valence-electron chi connectivity index (χ3n) is 3.71. The average Bonchev–Trinajstić information content (AvgIpc) is 2.57. The lowest BCUT2D eigenvalue weighted by Gasteiger charge is -2.17. The minimum Gasteiger partial charge on any atom is -0.329 e. The molecule has 1 atom stereocenters. The molecule has 0 aliphatic heterocycles. The summed E-state index contributed by atoms with van der Waals surface area (Å²) in [5, 5.41) is 11.3. The summed E-state index contributed by atoms with van der Waals surface area (Å²) in [5.41, 5.74) is 5.54. The SMILES string of the molecule is CCCCC(CN)NS(=O)(=O)c1ccc([N+](=O)[O-])c2cccnc12.Cl. The van der Waals surface area contributed by atoms with Crippen LogP contribution in [0.3, 0.4) is 0 Å². The number of nitro groups is 1. The smallest absolute Gasteiger partial charge is 0.278 e. The van der Waals surface area contributed by atoms with Gasteiger partial charge in [-0.2, -0.15) is 0 Å². The molecule has 0 fully saturated rings. The van der Waals surface area contributed by atoms with Gasteiger partial charge in [-0.25, -0.2) is 13.1 Å². The first-order valence-corrected chi connectivity index (χ1v) is 9.13. The first kappa shape index (κ1) is 21.2. The van der Waals surface area contributed by atoms with Crippen molar-refractivity contribution in [3.05, 3.63) is 40.6 Å². The van der Waals surface area contributed by atoms with E-state index in [1.165, 1.54) is 30.5 Å². The van der Waals surface area contributed by atoms with Gasteiger partial charge in [-0.1, -0.05) is 19.8 Å². The highest BCUT2D eigenvalue weighted by Crippen LogP contribution is 2.29. The van der Waals surface area contributed by atoms with Crippen LogP contribution in [0, 0.1) is 10.1 Å². The van der Waals surface area contributed by atoms with Crippen molar-refractivity contribution in [3.8, 4) is 0 Å². The molecule has 25 heavy (non-hydrogen) atoms. The molecule has 0 saturated carbocycles. The van der Waals surface area contributed by atoms with Crippen LogP contribution in [-0.2, 0) is 10.0 Å². The van der Waals surface area contributed by atoms with Gasteiger partial charge in [0.1, 0.15) is 4.90 Å². The number of benzene rings is 1. The fraction of sp³-hybridized carbons (Fsp3) is 0.400. The van der Waals surface area contributed by atoms with Crippen molar-refractivity contribution in [1.29, 1.82) is 0 Å². The molecule has 0 amide bonds. The molecule has 1 aromatic heterocycles. The number of pyridine rings is 1. The highest BCUT2D eigenvalue weighted by molar-refractivity contribution is 7.89. The molecule has 138 valence electrons. The van der Waals surface area contributed by atoms with Gasteiger partial charge in [-0.3, -0.25) is 15.1 Å². The Morgan fingerprint density at radius 3 is 2.68 bits per heavy atom. The van der Waals surface area contributed by atoms with Crippen LogP contribution in [0.1, 0.15) is 26.2 Å². The number of fused-ring (bicyclic) bond motifs is 1. The quantitative estimate of drug-likeness (QED) is 0.527. The Labute approximate surface area is 152 Å². The maximum absolute atomic E-state index is 12.7. The van der Waals surface area contributed by atoms with Crippen molar-refractivity contribution < 1.29 is 13.3 Å². The third-order valence-corrected chi connectivity index (χ3v) is 5.26. The van der Waals surface area contributed by atoms with E-state index in [-0.39, 0.29) is 46.5 Å². The number of nitrogens with one attached hydrogen (secondary N) is 1. The van der Waals surface area contributed by atoms with Crippen LogP contribution in [0.15, 0.2) is 35.4 Å². The van der Waals surface area contributed by atoms with Crippen molar-refractivity contribution in [2.24, 2.45) is 5.73 Å². The van der Waals surface area contributed by atoms with E-state index < -0.39 is 14.9 Å². The Hall–Kier alpha value is -1.81. The third kappa shape index (κ3) is 4.85. The number of nitro benzene ring substituents is 1. The van der Waals surface area contributed by atoms with Gasteiger partial charge in [0, 0.05) is 24.8 Å². The molecule has 1 aromatic carbocycles. The number of sulfonamides is 1. The molecule has 0 aliphatic carbocycles.